The molecule has 0 aromatic rings. The first-order valence-electron chi connectivity index (χ1n) is 9.35. The van der Waals surface area contributed by atoms with Crippen molar-refractivity contribution >= 4 is 16.4 Å². The van der Waals surface area contributed by atoms with Crippen molar-refractivity contribution in [3.05, 3.63) is 0 Å². The minimum atomic E-state index is -1.64. The van der Waals surface area contributed by atoms with Gasteiger partial charge in [0.1, 0.15) is 0 Å². The number of ether oxygens (including phenoxy) is 2. The average Bonchev–Trinajstić information content (AvgIpc) is 2.39. The Hall–Kier alpha value is 0.314. The Morgan fingerprint density at radius 2 is 1.70 bits per heavy atom. The van der Waals surface area contributed by atoms with Gasteiger partial charge in [-0.2, -0.15) is 0 Å². The lowest BCUT2D eigenvalue weighted by Gasteiger charge is -2.45. The molecule has 1 fully saturated rings. The molecule has 0 aromatic heterocycles. The van der Waals surface area contributed by atoms with Gasteiger partial charge in [-0.25, -0.2) is 0 Å². The topological polar surface area (TPSA) is 27.7 Å². The van der Waals surface area contributed by atoms with Gasteiger partial charge < -0.3 is 13.9 Å². The zero-order valence-corrected chi connectivity index (χ0v) is 18.9. The summed E-state index contributed by atoms with van der Waals surface area (Å²) in [5.74, 6) is 0. The lowest BCUT2D eigenvalue weighted by Crippen LogP contribution is -2.56. The molecule has 0 aliphatic carbocycles. The maximum absolute atomic E-state index is 6.77. The van der Waals surface area contributed by atoms with Crippen LogP contribution in [0.2, 0.25) is 38.8 Å². The van der Waals surface area contributed by atoms with Gasteiger partial charge >= 0.3 is 0 Å². The second kappa shape index (κ2) is 8.13. The van der Waals surface area contributed by atoms with Gasteiger partial charge in [-0.05, 0) is 45.3 Å². The predicted octanol–water partition coefficient (Wildman–Crippen LogP) is 5.09. The van der Waals surface area contributed by atoms with Crippen LogP contribution in [0.4, 0.5) is 0 Å². The highest BCUT2D eigenvalue weighted by atomic mass is 28.4. The maximum atomic E-state index is 6.77. The molecule has 0 spiro atoms. The Bertz CT molecular complexity index is 356. The largest absolute Gasteiger partial charge is 0.415 e. The highest BCUT2D eigenvalue weighted by Crippen LogP contribution is 2.33. The fraction of sp³-hybridized carbons (Fsp3) is 1.00. The van der Waals surface area contributed by atoms with E-state index in [0.717, 1.165) is 45.7 Å². The molecule has 1 aliphatic rings. The summed E-state index contributed by atoms with van der Waals surface area (Å²) in [5, 5.41) is 0.0963. The first-order valence-corrected chi connectivity index (χ1v) is 16.0. The molecule has 1 aliphatic heterocycles. The highest BCUT2D eigenvalue weighted by molar-refractivity contribution is 6.80. The van der Waals surface area contributed by atoms with Crippen LogP contribution in [0.5, 0.6) is 0 Å². The van der Waals surface area contributed by atoms with E-state index in [0.29, 0.717) is 5.41 Å². The van der Waals surface area contributed by atoms with Crippen LogP contribution < -0.4 is 0 Å². The van der Waals surface area contributed by atoms with E-state index in [1.54, 1.807) is 0 Å². The lowest BCUT2D eigenvalue weighted by atomic mass is 9.84. The van der Waals surface area contributed by atoms with Gasteiger partial charge in [-0.15, -0.1) is 0 Å². The van der Waals surface area contributed by atoms with Crippen LogP contribution in [0.15, 0.2) is 0 Å². The third kappa shape index (κ3) is 5.96. The number of rotatable bonds is 11. The standard InChI is InChI=1S/C18H40O3Si2/c1-9-17(3,22(4,5)6)21-23(7,8)13-11-12-19-14-18(10-2)15-20-16-18/h9-16H2,1-8H3. The van der Waals surface area contributed by atoms with Gasteiger partial charge in [0, 0.05) is 17.2 Å². The van der Waals surface area contributed by atoms with Crippen LogP contribution in [0.3, 0.4) is 0 Å². The van der Waals surface area contributed by atoms with E-state index in [4.69, 9.17) is 13.9 Å². The second-order valence-electron chi connectivity index (χ2n) is 9.20. The van der Waals surface area contributed by atoms with Crippen molar-refractivity contribution in [3.63, 3.8) is 0 Å². The quantitative estimate of drug-likeness (QED) is 0.379. The number of hydrogen-bond donors (Lipinski definition) is 0. The lowest BCUT2D eigenvalue weighted by molar-refractivity contribution is -0.150. The molecule has 0 radical (unpaired) electrons. The average molecular weight is 361 g/mol. The first kappa shape index (κ1) is 21.4. The Labute approximate surface area is 146 Å². The van der Waals surface area contributed by atoms with Crippen molar-refractivity contribution in [1.29, 1.82) is 0 Å². The predicted molar refractivity (Wildman–Crippen MR) is 104 cm³/mol. The molecule has 5 heteroatoms. The molecule has 1 heterocycles. The minimum absolute atomic E-state index is 0.0963. The monoisotopic (exact) mass is 360 g/mol. The summed E-state index contributed by atoms with van der Waals surface area (Å²) in [5.41, 5.74) is 0.308. The van der Waals surface area contributed by atoms with E-state index < -0.39 is 16.4 Å². The van der Waals surface area contributed by atoms with Crippen LogP contribution in [0.1, 0.15) is 40.0 Å². The summed E-state index contributed by atoms with van der Waals surface area (Å²) in [6, 6.07) is 1.18. The summed E-state index contributed by atoms with van der Waals surface area (Å²) in [4.78, 5) is 0. The fourth-order valence-corrected chi connectivity index (χ4v) is 8.66. The molecule has 0 aromatic carbocycles. The van der Waals surface area contributed by atoms with Gasteiger partial charge in [0.05, 0.1) is 27.9 Å². The van der Waals surface area contributed by atoms with Gasteiger partial charge in [-0.1, -0.05) is 33.5 Å². The summed E-state index contributed by atoms with van der Waals surface area (Å²) < 4.78 is 18.1. The van der Waals surface area contributed by atoms with E-state index >= 15 is 0 Å². The van der Waals surface area contributed by atoms with Crippen LogP contribution in [-0.2, 0) is 13.9 Å². The van der Waals surface area contributed by atoms with Gasteiger partial charge in [0.2, 0.25) is 0 Å². The Morgan fingerprint density at radius 3 is 2.09 bits per heavy atom. The molecule has 0 bridgehead atoms. The minimum Gasteiger partial charge on any atom is -0.415 e. The van der Waals surface area contributed by atoms with Crippen molar-refractivity contribution in [2.45, 2.75) is 84.0 Å². The van der Waals surface area contributed by atoms with E-state index in [9.17, 15) is 0 Å². The van der Waals surface area contributed by atoms with E-state index in [-0.39, 0.29) is 5.22 Å². The van der Waals surface area contributed by atoms with Gasteiger partial charge in [0.15, 0.2) is 8.32 Å². The van der Waals surface area contributed by atoms with Crippen LogP contribution in [0, 0.1) is 5.41 Å². The van der Waals surface area contributed by atoms with Crippen molar-refractivity contribution in [2.75, 3.05) is 26.4 Å². The molecule has 1 atom stereocenters. The third-order valence-electron chi connectivity index (χ3n) is 5.80. The highest BCUT2D eigenvalue weighted by Gasteiger charge is 2.43. The molecule has 0 amide bonds. The molecule has 1 saturated heterocycles. The Kier molecular flexibility index (Phi) is 7.55. The first-order chi connectivity index (χ1) is 10.5. The summed E-state index contributed by atoms with van der Waals surface area (Å²) in [6.45, 7) is 22.3. The van der Waals surface area contributed by atoms with Crippen molar-refractivity contribution in [3.8, 4) is 0 Å². The van der Waals surface area contributed by atoms with Crippen molar-refractivity contribution in [2.24, 2.45) is 5.41 Å². The van der Waals surface area contributed by atoms with E-state index in [1.807, 2.05) is 0 Å². The Balaban J connectivity index is 2.35. The SMILES string of the molecule is CCC1(COCCC[Si](C)(C)OC(C)(CC)[Si](C)(C)C)COC1. The van der Waals surface area contributed by atoms with Crippen LogP contribution in [0.25, 0.3) is 0 Å². The van der Waals surface area contributed by atoms with Crippen molar-refractivity contribution < 1.29 is 13.9 Å². The number of hydrogen-bond acceptors (Lipinski definition) is 3. The second-order valence-corrected chi connectivity index (χ2v) is 19.0. The molecular weight excluding hydrogens is 320 g/mol. The van der Waals surface area contributed by atoms with Gasteiger partial charge in [-0.3, -0.25) is 0 Å². The van der Waals surface area contributed by atoms with Crippen LogP contribution in [-0.4, -0.2) is 48.0 Å². The molecule has 1 unspecified atom stereocenters. The summed E-state index contributed by atoms with van der Waals surface area (Å²) in [6.07, 6.45) is 3.39. The molecular formula is C18H40O3Si2. The molecule has 1 rings (SSSR count). The van der Waals surface area contributed by atoms with E-state index in [2.05, 4.69) is 53.5 Å². The molecule has 138 valence electrons. The zero-order chi connectivity index (χ0) is 17.8. The third-order valence-corrected chi connectivity index (χ3v) is 12.2. The molecule has 23 heavy (non-hydrogen) atoms. The van der Waals surface area contributed by atoms with Gasteiger partial charge in [0.25, 0.3) is 0 Å². The zero-order valence-electron chi connectivity index (χ0n) is 16.9. The maximum Gasteiger partial charge on any atom is 0.187 e. The summed E-state index contributed by atoms with van der Waals surface area (Å²) in [7, 11) is -2.97. The fourth-order valence-electron chi connectivity index (χ4n) is 3.09. The molecule has 0 N–H and O–H groups in total. The molecule has 0 saturated carbocycles. The molecule has 3 nitrogen and oxygen atoms in total. The Morgan fingerprint density at radius 1 is 1.09 bits per heavy atom. The smallest absolute Gasteiger partial charge is 0.187 e. The summed E-state index contributed by atoms with van der Waals surface area (Å²) >= 11 is 0. The van der Waals surface area contributed by atoms with Crippen molar-refractivity contribution in [1.82, 2.24) is 0 Å². The van der Waals surface area contributed by atoms with E-state index in [1.165, 1.54) is 6.04 Å². The normalized spacial score (nSPS) is 20.9. The van der Waals surface area contributed by atoms with Crippen LogP contribution >= 0.6 is 0 Å².